The maximum Gasteiger partial charge on any atom is 0.393 e. The Labute approximate surface area is 121 Å². The van der Waals surface area contributed by atoms with Gasteiger partial charge in [-0.2, -0.15) is 13.2 Å². The molecule has 1 N–H and O–H groups in total. The quantitative estimate of drug-likeness (QED) is 0.933. The number of rotatable bonds is 3. The Morgan fingerprint density at radius 3 is 2.95 bits per heavy atom. The number of nitrogens with one attached hydrogen (secondary N) is 1. The molecule has 0 spiro atoms. The molecule has 21 heavy (non-hydrogen) atoms. The van der Waals surface area contributed by atoms with E-state index in [1.165, 1.54) is 17.2 Å². The van der Waals surface area contributed by atoms with Gasteiger partial charge in [0.15, 0.2) is 0 Å². The van der Waals surface area contributed by atoms with Crippen molar-refractivity contribution in [3.05, 3.63) is 23.9 Å². The summed E-state index contributed by atoms with van der Waals surface area (Å²) in [5.41, 5.74) is 0.365. The van der Waals surface area contributed by atoms with Crippen LogP contribution in [0.15, 0.2) is 18.3 Å². The summed E-state index contributed by atoms with van der Waals surface area (Å²) >= 11 is 0. The molecule has 0 radical (unpaired) electrons. The first-order chi connectivity index (χ1) is 9.91. The smallest absolute Gasteiger partial charge is 0.370 e. The van der Waals surface area contributed by atoms with Crippen molar-refractivity contribution in [3.8, 4) is 0 Å². The van der Waals surface area contributed by atoms with Crippen LogP contribution in [-0.2, 0) is 0 Å². The van der Waals surface area contributed by atoms with Crippen LogP contribution in [-0.4, -0.2) is 41.6 Å². The molecule has 1 aromatic heterocycles. The largest absolute Gasteiger partial charge is 0.393 e. The highest BCUT2D eigenvalue weighted by atomic mass is 19.4. The SMILES string of the molecule is CCNc1cc(C(=O)N2CCCC(C(F)(F)F)C2)ccn1. The van der Waals surface area contributed by atoms with Crippen LogP contribution in [0.4, 0.5) is 19.0 Å². The lowest BCUT2D eigenvalue weighted by Gasteiger charge is -2.33. The molecule has 1 aliphatic rings. The van der Waals surface area contributed by atoms with Crippen molar-refractivity contribution < 1.29 is 18.0 Å². The van der Waals surface area contributed by atoms with Crippen LogP contribution in [0.2, 0.25) is 0 Å². The van der Waals surface area contributed by atoms with Gasteiger partial charge in [-0.05, 0) is 31.9 Å². The second-order valence-corrected chi connectivity index (χ2v) is 5.09. The maximum absolute atomic E-state index is 12.8. The fourth-order valence-corrected chi connectivity index (χ4v) is 2.45. The summed E-state index contributed by atoms with van der Waals surface area (Å²) in [4.78, 5) is 17.7. The molecular formula is C14H18F3N3O. The Kier molecular flexibility index (Phi) is 4.69. The number of carbonyl (C=O) groups is 1. The third-order valence-electron chi connectivity index (χ3n) is 3.54. The molecule has 0 bridgehead atoms. The summed E-state index contributed by atoms with van der Waals surface area (Å²) in [6, 6.07) is 3.10. The molecule has 0 aliphatic carbocycles. The van der Waals surface area contributed by atoms with Gasteiger partial charge in [-0.1, -0.05) is 0 Å². The normalized spacial score (nSPS) is 19.4. The van der Waals surface area contributed by atoms with E-state index in [4.69, 9.17) is 0 Å². The Hall–Kier alpha value is -1.79. The lowest BCUT2D eigenvalue weighted by molar-refractivity contribution is -0.184. The Morgan fingerprint density at radius 2 is 2.29 bits per heavy atom. The zero-order valence-electron chi connectivity index (χ0n) is 11.8. The zero-order chi connectivity index (χ0) is 15.5. The van der Waals surface area contributed by atoms with E-state index in [0.29, 0.717) is 30.9 Å². The number of likely N-dealkylation sites (tertiary alicyclic amines) is 1. The number of piperidine rings is 1. The van der Waals surface area contributed by atoms with E-state index in [9.17, 15) is 18.0 Å². The molecule has 0 aromatic carbocycles. The molecule has 1 unspecified atom stereocenters. The van der Waals surface area contributed by atoms with Crippen molar-refractivity contribution in [2.75, 3.05) is 25.0 Å². The highest BCUT2D eigenvalue weighted by Gasteiger charge is 2.42. The third-order valence-corrected chi connectivity index (χ3v) is 3.54. The van der Waals surface area contributed by atoms with Crippen LogP contribution in [0.5, 0.6) is 0 Å². The van der Waals surface area contributed by atoms with Gasteiger partial charge in [0.25, 0.3) is 5.91 Å². The van der Waals surface area contributed by atoms with Crippen molar-refractivity contribution >= 4 is 11.7 Å². The number of carbonyl (C=O) groups excluding carboxylic acids is 1. The monoisotopic (exact) mass is 301 g/mol. The highest BCUT2D eigenvalue weighted by Crippen LogP contribution is 2.33. The number of nitrogens with zero attached hydrogens (tertiary/aromatic N) is 2. The third kappa shape index (κ3) is 3.86. The molecule has 2 heterocycles. The number of amides is 1. The summed E-state index contributed by atoms with van der Waals surface area (Å²) < 4.78 is 38.4. The molecule has 1 aliphatic heterocycles. The second kappa shape index (κ2) is 6.32. The average Bonchev–Trinajstić information content (AvgIpc) is 2.46. The molecule has 1 atom stereocenters. The van der Waals surface area contributed by atoms with Crippen molar-refractivity contribution in [2.45, 2.75) is 25.9 Å². The lowest BCUT2D eigenvalue weighted by Crippen LogP contribution is -2.44. The van der Waals surface area contributed by atoms with Crippen LogP contribution >= 0.6 is 0 Å². The van der Waals surface area contributed by atoms with Gasteiger partial charge in [-0.15, -0.1) is 0 Å². The summed E-state index contributed by atoms with van der Waals surface area (Å²) in [5, 5.41) is 2.98. The first-order valence-corrected chi connectivity index (χ1v) is 6.97. The fourth-order valence-electron chi connectivity index (χ4n) is 2.45. The highest BCUT2D eigenvalue weighted by molar-refractivity contribution is 5.94. The number of alkyl halides is 3. The van der Waals surface area contributed by atoms with Gasteiger partial charge in [0, 0.05) is 31.4 Å². The number of hydrogen-bond donors (Lipinski definition) is 1. The van der Waals surface area contributed by atoms with E-state index in [2.05, 4.69) is 10.3 Å². The summed E-state index contributed by atoms with van der Waals surface area (Å²) in [6.07, 6.45) is -2.30. The topological polar surface area (TPSA) is 45.2 Å². The molecule has 116 valence electrons. The number of halogens is 3. The number of aromatic nitrogens is 1. The first-order valence-electron chi connectivity index (χ1n) is 6.97. The van der Waals surface area contributed by atoms with Crippen molar-refractivity contribution in [2.24, 2.45) is 5.92 Å². The van der Waals surface area contributed by atoms with Gasteiger partial charge in [0.1, 0.15) is 5.82 Å². The van der Waals surface area contributed by atoms with Crippen LogP contribution in [0.25, 0.3) is 0 Å². The molecule has 1 fully saturated rings. The van der Waals surface area contributed by atoms with E-state index in [0.717, 1.165) is 0 Å². The summed E-state index contributed by atoms with van der Waals surface area (Å²) in [6.45, 7) is 2.66. The van der Waals surface area contributed by atoms with Crippen molar-refractivity contribution in [3.63, 3.8) is 0 Å². The average molecular weight is 301 g/mol. The minimum absolute atomic E-state index is 0.0895. The second-order valence-electron chi connectivity index (χ2n) is 5.09. The van der Waals surface area contributed by atoms with Crippen LogP contribution in [0.1, 0.15) is 30.1 Å². The Bertz CT molecular complexity index is 504. The molecule has 2 rings (SSSR count). The van der Waals surface area contributed by atoms with Crippen molar-refractivity contribution in [1.82, 2.24) is 9.88 Å². The molecule has 1 aromatic rings. The Morgan fingerprint density at radius 1 is 1.52 bits per heavy atom. The molecule has 4 nitrogen and oxygen atoms in total. The van der Waals surface area contributed by atoms with E-state index < -0.39 is 12.1 Å². The van der Waals surface area contributed by atoms with Gasteiger partial charge in [0.05, 0.1) is 5.92 Å². The molecule has 1 amide bonds. The number of anilines is 1. The van der Waals surface area contributed by atoms with E-state index in [1.54, 1.807) is 6.07 Å². The van der Waals surface area contributed by atoms with Gasteiger partial charge >= 0.3 is 6.18 Å². The number of pyridine rings is 1. The zero-order valence-corrected chi connectivity index (χ0v) is 11.8. The van der Waals surface area contributed by atoms with E-state index >= 15 is 0 Å². The standard InChI is InChI=1S/C14H18F3N3O/c1-2-18-12-8-10(5-6-19-12)13(21)20-7-3-4-11(9-20)14(15,16)17/h5-6,8,11H,2-4,7,9H2,1H3,(H,18,19). The van der Waals surface area contributed by atoms with E-state index in [1.807, 2.05) is 6.92 Å². The molecule has 7 heteroatoms. The molecular weight excluding hydrogens is 283 g/mol. The van der Waals surface area contributed by atoms with Gasteiger partial charge < -0.3 is 10.2 Å². The molecule has 1 saturated heterocycles. The van der Waals surface area contributed by atoms with Gasteiger partial charge in [-0.3, -0.25) is 4.79 Å². The molecule has 0 saturated carbocycles. The van der Waals surface area contributed by atoms with Gasteiger partial charge in [0.2, 0.25) is 0 Å². The van der Waals surface area contributed by atoms with Crippen LogP contribution in [0, 0.1) is 5.92 Å². The van der Waals surface area contributed by atoms with Crippen LogP contribution < -0.4 is 5.32 Å². The summed E-state index contributed by atoms with van der Waals surface area (Å²) in [5.74, 6) is -1.25. The van der Waals surface area contributed by atoms with E-state index in [-0.39, 0.29) is 18.9 Å². The van der Waals surface area contributed by atoms with Crippen LogP contribution in [0.3, 0.4) is 0 Å². The summed E-state index contributed by atoms with van der Waals surface area (Å²) in [7, 11) is 0. The minimum atomic E-state index is -4.24. The minimum Gasteiger partial charge on any atom is -0.370 e. The fraction of sp³-hybridized carbons (Fsp3) is 0.571. The first kappa shape index (κ1) is 15.6. The predicted octanol–water partition coefficient (Wildman–Crippen LogP) is 2.93. The Balaban J connectivity index is 2.10. The van der Waals surface area contributed by atoms with Crippen molar-refractivity contribution in [1.29, 1.82) is 0 Å². The lowest BCUT2D eigenvalue weighted by atomic mass is 9.97. The predicted molar refractivity (Wildman–Crippen MR) is 73.1 cm³/mol. The maximum atomic E-state index is 12.8. The number of hydrogen-bond acceptors (Lipinski definition) is 3. The van der Waals surface area contributed by atoms with Gasteiger partial charge in [-0.25, -0.2) is 4.98 Å².